The number of rotatable bonds is 12. The number of nitrogens with zero attached hydrogens (tertiary/aromatic N) is 1. The van der Waals surface area contributed by atoms with Gasteiger partial charge in [0.25, 0.3) is 0 Å². The van der Waals surface area contributed by atoms with Crippen LogP contribution >= 0.6 is 0 Å². The van der Waals surface area contributed by atoms with Crippen LogP contribution in [0.15, 0.2) is 0 Å². The van der Waals surface area contributed by atoms with Crippen LogP contribution in [0.1, 0.15) is 174 Å². The second-order valence-electron chi connectivity index (χ2n) is 12.0. The lowest BCUT2D eigenvalue weighted by atomic mass is 9.82. The van der Waals surface area contributed by atoms with E-state index in [1.54, 1.807) is 0 Å². The lowest BCUT2D eigenvalue weighted by Gasteiger charge is -2.43. The summed E-state index contributed by atoms with van der Waals surface area (Å²) in [6.45, 7) is 4.51. The van der Waals surface area contributed by atoms with Gasteiger partial charge < -0.3 is 5.73 Å². The summed E-state index contributed by atoms with van der Waals surface area (Å²) in [6, 6.07) is 1.44. The Morgan fingerprint density at radius 1 is 0.588 bits per heavy atom. The molecule has 0 amide bonds. The van der Waals surface area contributed by atoms with Crippen molar-refractivity contribution in [2.45, 2.75) is 186 Å². The van der Waals surface area contributed by atoms with Crippen LogP contribution in [0.4, 0.5) is 0 Å². The maximum Gasteiger partial charge on any atom is 0.0221 e. The smallest absolute Gasteiger partial charge is 0.0221 e. The van der Waals surface area contributed by atoms with E-state index in [1.807, 2.05) is 0 Å². The van der Waals surface area contributed by atoms with Crippen molar-refractivity contribution >= 4 is 0 Å². The summed E-state index contributed by atoms with van der Waals surface area (Å²) in [6.07, 6.45) is 37.6. The number of hydrogen-bond donors (Lipinski definition) is 1. The molecular weight excluding hydrogens is 412 g/mol. The van der Waals surface area contributed by atoms with E-state index in [9.17, 15) is 0 Å². The highest BCUT2D eigenvalue weighted by Crippen LogP contribution is 2.32. The maximum atomic E-state index is 6.53. The topological polar surface area (TPSA) is 29.3 Å². The third-order valence-corrected chi connectivity index (χ3v) is 9.17. The van der Waals surface area contributed by atoms with Gasteiger partial charge in [-0.05, 0) is 44.6 Å². The molecule has 3 atom stereocenters. The zero-order valence-electron chi connectivity index (χ0n) is 23.6. The van der Waals surface area contributed by atoms with Crippen LogP contribution < -0.4 is 5.73 Å². The molecular formula is C32H64N2. The molecule has 1 heterocycles. The van der Waals surface area contributed by atoms with Gasteiger partial charge in [0, 0.05) is 18.6 Å². The van der Waals surface area contributed by atoms with E-state index in [2.05, 4.69) is 11.8 Å². The largest absolute Gasteiger partial charge is 0.329 e. The fourth-order valence-corrected chi connectivity index (χ4v) is 6.98. The van der Waals surface area contributed by atoms with E-state index >= 15 is 0 Å². The average molecular weight is 477 g/mol. The second-order valence-corrected chi connectivity index (χ2v) is 12.0. The Kier molecular flexibility index (Phi) is 18.7. The Balaban J connectivity index is 1.94. The molecule has 202 valence electrons. The van der Waals surface area contributed by atoms with Crippen LogP contribution in [0, 0.1) is 5.92 Å². The van der Waals surface area contributed by atoms with Gasteiger partial charge in [-0.3, -0.25) is 4.90 Å². The van der Waals surface area contributed by atoms with Crippen LogP contribution in [0.5, 0.6) is 0 Å². The third kappa shape index (κ3) is 13.3. The molecule has 3 unspecified atom stereocenters. The normalized spacial score (nSPS) is 25.6. The summed E-state index contributed by atoms with van der Waals surface area (Å²) in [5, 5.41) is 0. The van der Waals surface area contributed by atoms with E-state index in [4.69, 9.17) is 5.73 Å². The van der Waals surface area contributed by atoms with Crippen LogP contribution in [-0.2, 0) is 0 Å². The zero-order valence-corrected chi connectivity index (χ0v) is 23.6. The SMILES string of the molecule is CCCCCCCCCCCC(CN)N1CCCCCCCCCC2CCCCCCCCC21. The highest BCUT2D eigenvalue weighted by Gasteiger charge is 2.31. The van der Waals surface area contributed by atoms with Crippen molar-refractivity contribution in [1.82, 2.24) is 4.90 Å². The molecule has 1 saturated heterocycles. The second kappa shape index (κ2) is 21.0. The van der Waals surface area contributed by atoms with E-state index < -0.39 is 0 Å². The van der Waals surface area contributed by atoms with Crippen molar-refractivity contribution in [3.05, 3.63) is 0 Å². The van der Waals surface area contributed by atoms with E-state index in [0.29, 0.717) is 6.04 Å². The van der Waals surface area contributed by atoms with Crippen molar-refractivity contribution in [2.24, 2.45) is 11.7 Å². The Hall–Kier alpha value is -0.0800. The lowest BCUT2D eigenvalue weighted by molar-refractivity contribution is 0.0656. The van der Waals surface area contributed by atoms with Crippen molar-refractivity contribution in [1.29, 1.82) is 0 Å². The van der Waals surface area contributed by atoms with E-state index in [1.165, 1.54) is 173 Å². The first kappa shape index (κ1) is 30.1. The molecule has 0 aromatic carbocycles. The van der Waals surface area contributed by atoms with Crippen LogP contribution in [0.25, 0.3) is 0 Å². The van der Waals surface area contributed by atoms with Crippen molar-refractivity contribution in [3.63, 3.8) is 0 Å². The van der Waals surface area contributed by atoms with Gasteiger partial charge in [0.05, 0.1) is 0 Å². The first-order valence-corrected chi connectivity index (χ1v) is 16.3. The molecule has 2 heteroatoms. The molecule has 2 aliphatic rings. The fourth-order valence-electron chi connectivity index (χ4n) is 6.98. The molecule has 0 spiro atoms. The minimum atomic E-state index is 0.628. The van der Waals surface area contributed by atoms with Gasteiger partial charge in [-0.15, -0.1) is 0 Å². The van der Waals surface area contributed by atoms with Crippen molar-refractivity contribution in [2.75, 3.05) is 13.1 Å². The molecule has 1 aliphatic carbocycles. The molecule has 0 aromatic heterocycles. The summed E-state index contributed by atoms with van der Waals surface area (Å²) in [5.41, 5.74) is 6.53. The molecule has 2 nitrogen and oxygen atoms in total. The summed E-state index contributed by atoms with van der Waals surface area (Å²) in [7, 11) is 0. The van der Waals surface area contributed by atoms with Gasteiger partial charge in [-0.2, -0.15) is 0 Å². The first-order valence-electron chi connectivity index (χ1n) is 16.3. The summed E-state index contributed by atoms with van der Waals surface area (Å²) < 4.78 is 0. The van der Waals surface area contributed by atoms with Crippen LogP contribution in [0.3, 0.4) is 0 Å². The molecule has 1 saturated carbocycles. The van der Waals surface area contributed by atoms with Gasteiger partial charge in [-0.25, -0.2) is 0 Å². The van der Waals surface area contributed by atoms with Gasteiger partial charge >= 0.3 is 0 Å². The molecule has 2 N–H and O–H groups in total. The van der Waals surface area contributed by atoms with E-state index in [-0.39, 0.29) is 0 Å². The van der Waals surface area contributed by atoms with Crippen molar-refractivity contribution < 1.29 is 0 Å². The van der Waals surface area contributed by atoms with Crippen LogP contribution in [0.2, 0.25) is 0 Å². The Morgan fingerprint density at radius 2 is 1.06 bits per heavy atom. The number of nitrogens with two attached hydrogens (primary N) is 1. The number of unbranched alkanes of at least 4 members (excludes halogenated alkanes) is 8. The highest BCUT2D eigenvalue weighted by molar-refractivity contribution is 4.86. The molecule has 0 aromatic rings. The molecule has 2 rings (SSSR count). The van der Waals surface area contributed by atoms with E-state index in [0.717, 1.165) is 18.5 Å². The third-order valence-electron chi connectivity index (χ3n) is 9.17. The van der Waals surface area contributed by atoms with Crippen molar-refractivity contribution in [3.8, 4) is 0 Å². The van der Waals surface area contributed by atoms with Gasteiger partial charge in [0.1, 0.15) is 0 Å². The lowest BCUT2D eigenvalue weighted by Crippen LogP contribution is -2.50. The summed E-state index contributed by atoms with van der Waals surface area (Å²) in [4.78, 5) is 3.01. The molecule has 2 fully saturated rings. The van der Waals surface area contributed by atoms with Gasteiger partial charge in [0.2, 0.25) is 0 Å². The molecule has 0 bridgehead atoms. The average Bonchev–Trinajstić information content (AvgIpc) is 2.85. The Labute approximate surface area is 215 Å². The molecule has 34 heavy (non-hydrogen) atoms. The Morgan fingerprint density at radius 3 is 1.62 bits per heavy atom. The predicted molar refractivity (Wildman–Crippen MR) is 153 cm³/mol. The highest BCUT2D eigenvalue weighted by atomic mass is 15.2. The standard InChI is InChI=1S/C32H64N2/c1-2-3-4-5-6-7-10-16-21-26-31(29-33)34-28-23-18-13-8-9-14-19-24-30-25-20-15-11-12-17-22-27-32(30)34/h30-32H,2-29,33H2,1H3. The summed E-state index contributed by atoms with van der Waals surface area (Å²) in [5.74, 6) is 0.926. The fraction of sp³-hybridized carbons (Fsp3) is 1.00. The number of fused-ring (bicyclic) bond motifs is 1. The number of hydrogen-bond acceptors (Lipinski definition) is 2. The van der Waals surface area contributed by atoms with Crippen LogP contribution in [-0.4, -0.2) is 30.1 Å². The minimum absolute atomic E-state index is 0.628. The Bertz CT molecular complexity index is 437. The zero-order chi connectivity index (χ0) is 24.1. The monoisotopic (exact) mass is 477 g/mol. The van der Waals surface area contributed by atoms with Gasteiger partial charge in [0.15, 0.2) is 0 Å². The first-order chi connectivity index (χ1) is 16.9. The molecule has 1 aliphatic heterocycles. The quantitative estimate of drug-likeness (QED) is 0.284. The summed E-state index contributed by atoms with van der Waals surface area (Å²) >= 11 is 0. The predicted octanol–water partition coefficient (Wildman–Crippen LogP) is 9.79. The minimum Gasteiger partial charge on any atom is -0.329 e. The molecule has 0 radical (unpaired) electrons. The van der Waals surface area contributed by atoms with Gasteiger partial charge in [-0.1, -0.05) is 142 Å². The maximum absolute atomic E-state index is 6.53.